The summed E-state index contributed by atoms with van der Waals surface area (Å²) in [5.41, 5.74) is 1.27. The summed E-state index contributed by atoms with van der Waals surface area (Å²) < 4.78 is 0. The molecule has 0 aromatic carbocycles. The van der Waals surface area contributed by atoms with E-state index in [1.165, 1.54) is 36.8 Å². The predicted octanol–water partition coefficient (Wildman–Crippen LogP) is 1.29. The van der Waals surface area contributed by atoms with Crippen molar-refractivity contribution in [3.05, 3.63) is 16.1 Å². The fraction of sp³-hybridized carbons (Fsp3) is 0.727. The van der Waals surface area contributed by atoms with Gasteiger partial charge >= 0.3 is 0 Å². The molecular weight excluding hydrogens is 206 g/mol. The first kappa shape index (κ1) is 11.0. The van der Waals surface area contributed by atoms with Gasteiger partial charge in [-0.2, -0.15) is 0 Å². The van der Waals surface area contributed by atoms with Crippen LogP contribution in [-0.2, 0) is 6.42 Å². The SMILES string of the molecule is Cc1nc(CCCN2CCNCC2)cs1. The molecule has 0 amide bonds. The summed E-state index contributed by atoms with van der Waals surface area (Å²) in [7, 11) is 0. The lowest BCUT2D eigenvalue weighted by molar-refractivity contribution is 0.238. The number of rotatable bonds is 4. The highest BCUT2D eigenvalue weighted by Crippen LogP contribution is 2.10. The number of piperazine rings is 1. The number of aromatic nitrogens is 1. The Morgan fingerprint density at radius 3 is 2.93 bits per heavy atom. The second-order valence-electron chi connectivity index (χ2n) is 4.05. The topological polar surface area (TPSA) is 28.2 Å². The first-order valence-corrected chi connectivity index (χ1v) is 6.56. The summed E-state index contributed by atoms with van der Waals surface area (Å²) >= 11 is 1.76. The molecule has 2 heterocycles. The van der Waals surface area contributed by atoms with E-state index in [0.29, 0.717) is 0 Å². The standard InChI is InChI=1S/C11H19N3S/c1-10-13-11(9-15-10)3-2-6-14-7-4-12-5-8-14/h9,12H,2-8H2,1H3. The Balaban J connectivity index is 1.65. The molecule has 0 spiro atoms. The van der Waals surface area contributed by atoms with Gasteiger partial charge in [-0.25, -0.2) is 4.98 Å². The molecule has 0 bridgehead atoms. The lowest BCUT2D eigenvalue weighted by atomic mass is 10.2. The molecule has 4 heteroatoms. The molecule has 0 saturated carbocycles. The van der Waals surface area contributed by atoms with Crippen LogP contribution in [0.1, 0.15) is 17.1 Å². The van der Waals surface area contributed by atoms with E-state index in [4.69, 9.17) is 0 Å². The average Bonchev–Trinajstić information content (AvgIpc) is 2.66. The van der Waals surface area contributed by atoms with Gasteiger partial charge in [0.25, 0.3) is 0 Å². The maximum Gasteiger partial charge on any atom is 0.0897 e. The van der Waals surface area contributed by atoms with Crippen LogP contribution in [0.25, 0.3) is 0 Å². The molecule has 1 N–H and O–H groups in total. The van der Waals surface area contributed by atoms with Crippen molar-refractivity contribution in [2.45, 2.75) is 19.8 Å². The summed E-state index contributed by atoms with van der Waals surface area (Å²) in [6.45, 7) is 8.00. The van der Waals surface area contributed by atoms with Crippen LogP contribution in [0.15, 0.2) is 5.38 Å². The van der Waals surface area contributed by atoms with E-state index in [9.17, 15) is 0 Å². The highest BCUT2D eigenvalue weighted by molar-refractivity contribution is 7.09. The number of thiazole rings is 1. The van der Waals surface area contributed by atoms with Gasteiger partial charge in [0.15, 0.2) is 0 Å². The van der Waals surface area contributed by atoms with Crippen LogP contribution in [0.2, 0.25) is 0 Å². The van der Waals surface area contributed by atoms with E-state index in [1.54, 1.807) is 11.3 Å². The first-order valence-electron chi connectivity index (χ1n) is 5.69. The predicted molar refractivity (Wildman–Crippen MR) is 64.5 cm³/mol. The third-order valence-electron chi connectivity index (χ3n) is 2.78. The van der Waals surface area contributed by atoms with Gasteiger partial charge in [0.05, 0.1) is 10.7 Å². The van der Waals surface area contributed by atoms with Crippen LogP contribution in [0.4, 0.5) is 0 Å². The molecular formula is C11H19N3S. The average molecular weight is 225 g/mol. The zero-order valence-corrected chi connectivity index (χ0v) is 10.1. The molecule has 0 radical (unpaired) electrons. The largest absolute Gasteiger partial charge is 0.314 e. The van der Waals surface area contributed by atoms with Crippen molar-refractivity contribution >= 4 is 11.3 Å². The van der Waals surface area contributed by atoms with Crippen LogP contribution in [0.5, 0.6) is 0 Å². The maximum absolute atomic E-state index is 4.48. The van der Waals surface area contributed by atoms with E-state index in [-0.39, 0.29) is 0 Å². The fourth-order valence-corrected chi connectivity index (χ4v) is 2.59. The zero-order chi connectivity index (χ0) is 10.5. The minimum atomic E-state index is 1.13. The Morgan fingerprint density at radius 2 is 2.27 bits per heavy atom. The quantitative estimate of drug-likeness (QED) is 0.837. The third-order valence-corrected chi connectivity index (χ3v) is 3.61. The van der Waals surface area contributed by atoms with Crippen molar-refractivity contribution in [1.82, 2.24) is 15.2 Å². The Labute approximate surface area is 95.5 Å². The van der Waals surface area contributed by atoms with Crippen LogP contribution >= 0.6 is 11.3 Å². The van der Waals surface area contributed by atoms with Gasteiger partial charge in [0.1, 0.15) is 0 Å². The minimum absolute atomic E-state index is 1.13. The zero-order valence-electron chi connectivity index (χ0n) is 9.33. The number of nitrogens with zero attached hydrogens (tertiary/aromatic N) is 2. The maximum atomic E-state index is 4.48. The molecule has 3 nitrogen and oxygen atoms in total. The van der Waals surface area contributed by atoms with E-state index < -0.39 is 0 Å². The number of nitrogens with one attached hydrogen (secondary N) is 1. The molecule has 0 aliphatic carbocycles. The van der Waals surface area contributed by atoms with Crippen molar-refractivity contribution in [3.63, 3.8) is 0 Å². The fourth-order valence-electron chi connectivity index (χ4n) is 1.94. The Hall–Kier alpha value is -0.450. The molecule has 1 aromatic rings. The van der Waals surface area contributed by atoms with E-state index in [2.05, 4.69) is 27.5 Å². The molecule has 2 rings (SSSR count). The lowest BCUT2D eigenvalue weighted by Gasteiger charge is -2.26. The molecule has 0 atom stereocenters. The molecule has 1 aliphatic heterocycles. The van der Waals surface area contributed by atoms with Gasteiger partial charge in [-0.1, -0.05) is 0 Å². The molecule has 0 unspecified atom stereocenters. The summed E-state index contributed by atoms with van der Waals surface area (Å²) in [4.78, 5) is 7.02. The van der Waals surface area contributed by atoms with E-state index in [0.717, 1.165) is 19.5 Å². The molecule has 1 saturated heterocycles. The second-order valence-corrected chi connectivity index (χ2v) is 5.12. The van der Waals surface area contributed by atoms with Gasteiger partial charge in [-0.15, -0.1) is 11.3 Å². The summed E-state index contributed by atoms with van der Waals surface area (Å²) in [6.07, 6.45) is 2.37. The number of hydrogen-bond acceptors (Lipinski definition) is 4. The van der Waals surface area contributed by atoms with Gasteiger partial charge in [-0.3, -0.25) is 0 Å². The smallest absolute Gasteiger partial charge is 0.0897 e. The highest BCUT2D eigenvalue weighted by atomic mass is 32.1. The van der Waals surface area contributed by atoms with Crippen molar-refractivity contribution in [3.8, 4) is 0 Å². The molecule has 1 fully saturated rings. The van der Waals surface area contributed by atoms with Crippen molar-refractivity contribution < 1.29 is 0 Å². The van der Waals surface area contributed by atoms with Gasteiger partial charge in [0, 0.05) is 31.6 Å². The van der Waals surface area contributed by atoms with Crippen molar-refractivity contribution in [2.75, 3.05) is 32.7 Å². The first-order chi connectivity index (χ1) is 7.34. The normalized spacial score (nSPS) is 18.2. The van der Waals surface area contributed by atoms with Gasteiger partial charge in [0.2, 0.25) is 0 Å². The lowest BCUT2D eigenvalue weighted by Crippen LogP contribution is -2.43. The van der Waals surface area contributed by atoms with Crippen LogP contribution in [0.3, 0.4) is 0 Å². The van der Waals surface area contributed by atoms with Crippen molar-refractivity contribution in [1.29, 1.82) is 0 Å². The molecule has 84 valence electrons. The summed E-state index contributed by atoms with van der Waals surface area (Å²) in [5, 5.41) is 6.75. The summed E-state index contributed by atoms with van der Waals surface area (Å²) in [5.74, 6) is 0. The number of hydrogen-bond donors (Lipinski definition) is 1. The molecule has 1 aromatic heterocycles. The number of aryl methyl sites for hydroxylation is 2. The Morgan fingerprint density at radius 1 is 1.47 bits per heavy atom. The van der Waals surface area contributed by atoms with Crippen molar-refractivity contribution in [2.24, 2.45) is 0 Å². The van der Waals surface area contributed by atoms with Crippen LogP contribution < -0.4 is 5.32 Å². The molecule has 15 heavy (non-hydrogen) atoms. The van der Waals surface area contributed by atoms with Gasteiger partial charge in [-0.05, 0) is 26.3 Å². The van der Waals surface area contributed by atoms with Gasteiger partial charge < -0.3 is 10.2 Å². The van der Waals surface area contributed by atoms with E-state index >= 15 is 0 Å². The monoisotopic (exact) mass is 225 g/mol. The van der Waals surface area contributed by atoms with Crippen LogP contribution in [-0.4, -0.2) is 42.6 Å². The summed E-state index contributed by atoms with van der Waals surface area (Å²) in [6, 6.07) is 0. The van der Waals surface area contributed by atoms with Crippen LogP contribution in [0, 0.1) is 6.92 Å². The van der Waals surface area contributed by atoms with E-state index in [1.807, 2.05) is 0 Å². The Kier molecular flexibility index (Phi) is 4.11. The second kappa shape index (κ2) is 5.58. The Bertz CT molecular complexity index is 292. The highest BCUT2D eigenvalue weighted by Gasteiger charge is 2.08. The minimum Gasteiger partial charge on any atom is -0.314 e. The third kappa shape index (κ3) is 3.55. The molecule has 1 aliphatic rings.